The fourth-order valence-electron chi connectivity index (χ4n) is 2.43. The van der Waals surface area contributed by atoms with E-state index in [1.54, 1.807) is 47.0 Å². The molecule has 0 spiro atoms. The summed E-state index contributed by atoms with van der Waals surface area (Å²) in [6, 6.07) is 12.5. The number of amides is 1. The molecule has 0 fully saturated rings. The number of hydrogen-bond donors (Lipinski definition) is 2. The van der Waals surface area contributed by atoms with Crippen molar-refractivity contribution in [1.29, 1.82) is 5.26 Å². The Balaban J connectivity index is 2.04. The summed E-state index contributed by atoms with van der Waals surface area (Å²) >= 11 is 3.24. The van der Waals surface area contributed by atoms with Gasteiger partial charge in [-0.05, 0) is 34.1 Å². The lowest BCUT2D eigenvalue weighted by Gasteiger charge is -2.02. The van der Waals surface area contributed by atoms with E-state index in [-0.39, 0.29) is 24.5 Å². The predicted molar refractivity (Wildman–Crippen MR) is 89.4 cm³/mol. The highest BCUT2D eigenvalue weighted by atomic mass is 79.9. The number of rotatable bonds is 4. The molecular formula is C16H13BrN5O2+. The van der Waals surface area contributed by atoms with Gasteiger partial charge in [-0.2, -0.15) is 14.2 Å². The average Bonchev–Trinajstić information content (AvgIpc) is 2.84. The molecule has 0 aliphatic carbocycles. The quantitative estimate of drug-likeness (QED) is 0.530. The molecule has 24 heavy (non-hydrogen) atoms. The molecule has 3 aromatic heterocycles. The third-order valence-electron chi connectivity index (χ3n) is 3.44. The number of carbonyl (C=O) groups is 1. The standard InChI is InChI=1S/C16H12BrN5O2/c17-11-5-3-6-12(19-11)20-15(23)14-16(24)22(10-4-8-18)13-7-1-2-9-21(13)14/h1-3,5-7,9H,4,10H2,(H-,19,20,23,24)/p+1. The van der Waals surface area contributed by atoms with E-state index in [0.717, 1.165) is 0 Å². The van der Waals surface area contributed by atoms with Gasteiger partial charge >= 0.3 is 11.8 Å². The Hall–Kier alpha value is -2.92. The summed E-state index contributed by atoms with van der Waals surface area (Å²) in [5.74, 6) is -0.317. The van der Waals surface area contributed by atoms with E-state index < -0.39 is 5.91 Å². The summed E-state index contributed by atoms with van der Waals surface area (Å²) in [5.41, 5.74) is 0.711. The fraction of sp³-hybridized carbons (Fsp3) is 0.125. The highest BCUT2D eigenvalue weighted by molar-refractivity contribution is 9.10. The fourth-order valence-corrected chi connectivity index (χ4v) is 2.78. The number of carbonyl (C=O) groups excluding carboxylic acids is 1. The zero-order valence-corrected chi connectivity index (χ0v) is 14.1. The molecule has 0 atom stereocenters. The molecule has 0 aliphatic heterocycles. The summed E-state index contributed by atoms with van der Waals surface area (Å²) in [7, 11) is 0. The van der Waals surface area contributed by atoms with Gasteiger partial charge in [-0.25, -0.2) is 4.98 Å². The van der Waals surface area contributed by atoms with Crippen LogP contribution in [0.2, 0.25) is 0 Å². The SMILES string of the molecule is N#CCCn1c(O)c(C(=O)Nc2cccc(Br)n2)[n+]2ccccc12. The van der Waals surface area contributed by atoms with Crippen LogP contribution >= 0.6 is 15.9 Å². The molecule has 3 aromatic rings. The number of aromatic hydroxyl groups is 1. The second kappa shape index (κ2) is 6.68. The van der Waals surface area contributed by atoms with E-state index in [2.05, 4.69) is 26.2 Å². The number of hydrogen-bond acceptors (Lipinski definition) is 4. The van der Waals surface area contributed by atoms with Crippen molar-refractivity contribution in [3.63, 3.8) is 0 Å². The van der Waals surface area contributed by atoms with Crippen LogP contribution in [0.5, 0.6) is 5.88 Å². The Bertz CT molecular complexity index is 961. The van der Waals surface area contributed by atoms with Crippen LogP contribution in [0.1, 0.15) is 16.9 Å². The minimum absolute atomic E-state index is 0.0883. The number of aryl methyl sites for hydroxylation is 1. The van der Waals surface area contributed by atoms with Crippen molar-refractivity contribution in [2.24, 2.45) is 0 Å². The van der Waals surface area contributed by atoms with Gasteiger partial charge in [-0.1, -0.05) is 12.1 Å². The molecule has 3 heterocycles. The maximum absolute atomic E-state index is 12.6. The average molecular weight is 387 g/mol. The number of nitriles is 1. The van der Waals surface area contributed by atoms with Gasteiger partial charge in [0.15, 0.2) is 0 Å². The molecule has 0 unspecified atom stereocenters. The normalized spacial score (nSPS) is 10.5. The second-order valence-electron chi connectivity index (χ2n) is 4.96. The highest BCUT2D eigenvalue weighted by Crippen LogP contribution is 2.20. The van der Waals surface area contributed by atoms with Gasteiger partial charge in [-0.3, -0.25) is 4.79 Å². The molecule has 120 valence electrons. The second-order valence-corrected chi connectivity index (χ2v) is 5.77. The van der Waals surface area contributed by atoms with E-state index >= 15 is 0 Å². The Morgan fingerprint density at radius 3 is 2.96 bits per heavy atom. The van der Waals surface area contributed by atoms with E-state index in [4.69, 9.17) is 5.26 Å². The number of imidazole rings is 1. The summed E-state index contributed by atoms with van der Waals surface area (Å²) in [6.45, 7) is 0.290. The lowest BCUT2D eigenvalue weighted by Crippen LogP contribution is -2.30. The van der Waals surface area contributed by atoms with Crippen LogP contribution in [-0.2, 0) is 6.54 Å². The van der Waals surface area contributed by atoms with Gasteiger partial charge in [0.1, 0.15) is 17.0 Å². The number of nitrogens with one attached hydrogen (secondary N) is 1. The monoisotopic (exact) mass is 386 g/mol. The Morgan fingerprint density at radius 1 is 1.38 bits per heavy atom. The molecule has 3 rings (SSSR count). The lowest BCUT2D eigenvalue weighted by atomic mass is 10.3. The van der Waals surface area contributed by atoms with Crippen LogP contribution in [0.4, 0.5) is 5.82 Å². The minimum atomic E-state index is -0.491. The molecule has 0 aromatic carbocycles. The number of pyridine rings is 2. The first kappa shape index (κ1) is 16.0. The summed E-state index contributed by atoms with van der Waals surface area (Å²) in [4.78, 5) is 16.8. The maximum Gasteiger partial charge on any atom is 0.337 e. The van der Waals surface area contributed by atoms with Crippen molar-refractivity contribution in [1.82, 2.24) is 9.55 Å². The lowest BCUT2D eigenvalue weighted by molar-refractivity contribution is -0.513. The zero-order chi connectivity index (χ0) is 17.1. The van der Waals surface area contributed by atoms with Gasteiger partial charge in [-0.15, -0.1) is 0 Å². The molecule has 7 nitrogen and oxygen atoms in total. The summed E-state index contributed by atoms with van der Waals surface area (Å²) < 4.78 is 3.71. The number of anilines is 1. The van der Waals surface area contributed by atoms with Gasteiger partial charge in [0.25, 0.3) is 11.3 Å². The molecule has 0 bridgehead atoms. The van der Waals surface area contributed by atoms with Gasteiger partial charge < -0.3 is 10.4 Å². The Kier molecular flexibility index (Phi) is 4.44. The van der Waals surface area contributed by atoms with E-state index in [0.29, 0.717) is 16.1 Å². The maximum atomic E-state index is 12.6. The minimum Gasteiger partial charge on any atom is -0.475 e. The Labute approximate surface area is 145 Å². The van der Waals surface area contributed by atoms with Crippen LogP contribution in [0, 0.1) is 11.3 Å². The summed E-state index contributed by atoms with van der Waals surface area (Å²) in [5, 5.41) is 21.9. The van der Waals surface area contributed by atoms with Gasteiger partial charge in [0.05, 0.1) is 18.7 Å². The van der Waals surface area contributed by atoms with Crippen molar-refractivity contribution >= 4 is 33.3 Å². The van der Waals surface area contributed by atoms with Gasteiger partial charge in [0, 0.05) is 6.07 Å². The number of fused-ring (bicyclic) bond motifs is 1. The molecular weight excluding hydrogens is 374 g/mol. The van der Waals surface area contributed by atoms with E-state index in [9.17, 15) is 9.90 Å². The molecule has 1 amide bonds. The largest absolute Gasteiger partial charge is 0.475 e. The first-order valence-electron chi connectivity index (χ1n) is 7.14. The van der Waals surface area contributed by atoms with E-state index in [1.807, 2.05) is 6.07 Å². The van der Waals surface area contributed by atoms with E-state index in [1.165, 1.54) is 4.57 Å². The first-order valence-corrected chi connectivity index (χ1v) is 7.94. The van der Waals surface area contributed by atoms with Crippen molar-refractivity contribution in [3.05, 3.63) is 52.9 Å². The number of aromatic nitrogens is 3. The van der Waals surface area contributed by atoms with Crippen molar-refractivity contribution in [3.8, 4) is 11.9 Å². The van der Waals surface area contributed by atoms with Gasteiger partial charge in [0.2, 0.25) is 0 Å². The topological polar surface area (TPSA) is 95.0 Å². The van der Waals surface area contributed by atoms with Crippen LogP contribution in [0.3, 0.4) is 0 Å². The first-order chi connectivity index (χ1) is 11.6. The number of nitrogens with zero attached hydrogens (tertiary/aromatic N) is 4. The highest BCUT2D eigenvalue weighted by Gasteiger charge is 2.30. The zero-order valence-electron chi connectivity index (χ0n) is 12.5. The smallest absolute Gasteiger partial charge is 0.337 e. The van der Waals surface area contributed by atoms with Crippen LogP contribution in [0.25, 0.3) is 5.65 Å². The Morgan fingerprint density at radius 2 is 2.21 bits per heavy atom. The molecule has 0 aliphatic rings. The molecule has 8 heteroatoms. The van der Waals surface area contributed by atoms with Crippen LogP contribution in [-0.4, -0.2) is 20.6 Å². The third-order valence-corrected chi connectivity index (χ3v) is 3.88. The van der Waals surface area contributed by atoms with Crippen LogP contribution < -0.4 is 9.72 Å². The number of halogens is 1. The van der Waals surface area contributed by atoms with Crippen LogP contribution in [0.15, 0.2) is 47.2 Å². The summed E-state index contributed by atoms with van der Waals surface area (Å²) in [6.07, 6.45) is 1.90. The molecule has 2 N–H and O–H groups in total. The predicted octanol–water partition coefficient (Wildman–Crippen LogP) is 2.26. The van der Waals surface area contributed by atoms with Crippen molar-refractivity contribution in [2.75, 3.05) is 5.32 Å². The molecule has 0 saturated heterocycles. The molecule has 0 saturated carbocycles. The van der Waals surface area contributed by atoms with Crippen molar-refractivity contribution in [2.45, 2.75) is 13.0 Å². The van der Waals surface area contributed by atoms with Crippen molar-refractivity contribution < 1.29 is 14.3 Å². The third kappa shape index (κ3) is 2.94. The molecule has 0 radical (unpaired) electrons.